The van der Waals surface area contributed by atoms with Crippen LogP contribution in [0.4, 0.5) is 0 Å². The summed E-state index contributed by atoms with van der Waals surface area (Å²) in [6.07, 6.45) is 4.47. The van der Waals surface area contributed by atoms with Crippen LogP contribution >= 0.6 is 24.2 Å². The molecule has 2 N–H and O–H groups in total. The van der Waals surface area contributed by atoms with Crippen LogP contribution in [0, 0.1) is 13.8 Å². The third-order valence-corrected chi connectivity index (χ3v) is 4.11. The number of hydrogen-bond donors (Lipinski definition) is 1. The molecule has 7 heteroatoms. The molecule has 126 valence electrons. The van der Waals surface area contributed by atoms with E-state index >= 15 is 0 Å². The van der Waals surface area contributed by atoms with Gasteiger partial charge in [-0.15, -0.1) is 12.4 Å². The quantitative estimate of drug-likeness (QED) is 0.818. The van der Waals surface area contributed by atoms with E-state index in [1.165, 1.54) is 0 Å². The highest BCUT2D eigenvalue weighted by Gasteiger charge is 2.19. The van der Waals surface area contributed by atoms with Crippen molar-refractivity contribution in [2.45, 2.75) is 32.9 Å². The average Bonchev–Trinajstić information content (AvgIpc) is 2.47. The normalized spacial score (nSPS) is 11.5. The number of pyridine rings is 1. The van der Waals surface area contributed by atoms with Crippen LogP contribution in [0.5, 0.6) is 5.75 Å². The molecular weight excluding hydrogens is 322 g/mol. The predicted octanol–water partition coefficient (Wildman–Crippen LogP) is 2.17. The molecule has 22 heavy (non-hydrogen) atoms. The van der Waals surface area contributed by atoms with E-state index in [9.17, 15) is 4.79 Å². The summed E-state index contributed by atoms with van der Waals surface area (Å²) in [5.74, 6) is 1.66. The van der Waals surface area contributed by atoms with Crippen LogP contribution in [-0.2, 0) is 11.3 Å². The number of hydrogen-bond acceptors (Lipinski definition) is 5. The lowest BCUT2D eigenvalue weighted by atomic mass is 10.1. The molecule has 0 spiro atoms. The standard InChI is InChI=1S/C15H25N3O2S.ClH/c1-10-8-17-13(11(2)14(10)20-4)9-18(3)15(19)12(16)6-7-21-5;/h8,12H,6-7,9,16H2,1-5H3;1H. The van der Waals surface area contributed by atoms with Crippen molar-refractivity contribution >= 4 is 30.1 Å². The van der Waals surface area contributed by atoms with E-state index in [-0.39, 0.29) is 18.3 Å². The molecule has 1 heterocycles. The van der Waals surface area contributed by atoms with E-state index < -0.39 is 6.04 Å². The van der Waals surface area contributed by atoms with Gasteiger partial charge < -0.3 is 15.4 Å². The minimum Gasteiger partial charge on any atom is -0.496 e. The highest BCUT2D eigenvalue weighted by atomic mass is 35.5. The lowest BCUT2D eigenvalue weighted by Crippen LogP contribution is -2.41. The Hall–Kier alpha value is -0.980. The maximum absolute atomic E-state index is 12.2. The Kier molecular flexibility index (Phi) is 9.48. The first kappa shape index (κ1) is 21.0. The van der Waals surface area contributed by atoms with E-state index in [4.69, 9.17) is 10.5 Å². The molecule has 0 radical (unpaired) electrons. The Morgan fingerprint density at radius 3 is 2.68 bits per heavy atom. The second-order valence-corrected chi connectivity index (χ2v) is 6.11. The van der Waals surface area contributed by atoms with Crippen LogP contribution in [0.2, 0.25) is 0 Å². The molecule has 1 aromatic rings. The number of nitrogens with two attached hydrogens (primary N) is 1. The molecular formula is C15H26ClN3O2S. The van der Waals surface area contributed by atoms with Crippen molar-refractivity contribution < 1.29 is 9.53 Å². The maximum atomic E-state index is 12.2. The van der Waals surface area contributed by atoms with Crippen LogP contribution < -0.4 is 10.5 Å². The molecule has 0 aliphatic heterocycles. The number of carbonyl (C=O) groups is 1. The highest BCUT2D eigenvalue weighted by Crippen LogP contribution is 2.24. The lowest BCUT2D eigenvalue weighted by Gasteiger charge is -2.22. The Morgan fingerprint density at radius 2 is 2.14 bits per heavy atom. The molecule has 0 aliphatic carbocycles. The second-order valence-electron chi connectivity index (χ2n) is 5.13. The summed E-state index contributed by atoms with van der Waals surface area (Å²) in [4.78, 5) is 18.3. The summed E-state index contributed by atoms with van der Waals surface area (Å²) in [6.45, 7) is 4.35. The number of methoxy groups -OCH3 is 1. The van der Waals surface area contributed by atoms with Crippen molar-refractivity contribution in [3.05, 3.63) is 23.0 Å². The number of ether oxygens (including phenoxy) is 1. The first-order chi connectivity index (χ1) is 9.92. The summed E-state index contributed by atoms with van der Waals surface area (Å²) in [5, 5.41) is 0. The Balaban J connectivity index is 0.00000441. The maximum Gasteiger partial charge on any atom is 0.239 e. The molecule has 1 atom stereocenters. The fourth-order valence-corrected chi connectivity index (χ4v) is 2.67. The molecule has 0 saturated carbocycles. The van der Waals surface area contributed by atoms with Gasteiger partial charge in [-0.2, -0.15) is 11.8 Å². The van der Waals surface area contributed by atoms with Crippen LogP contribution in [0.3, 0.4) is 0 Å². The first-order valence-electron chi connectivity index (χ1n) is 6.90. The number of rotatable bonds is 7. The van der Waals surface area contributed by atoms with Gasteiger partial charge in [0.15, 0.2) is 0 Å². The fourth-order valence-electron chi connectivity index (χ4n) is 2.18. The number of carbonyl (C=O) groups excluding carboxylic acids is 1. The van der Waals surface area contributed by atoms with E-state index in [0.29, 0.717) is 13.0 Å². The van der Waals surface area contributed by atoms with E-state index in [1.807, 2.05) is 20.1 Å². The number of nitrogens with zero attached hydrogens (tertiary/aromatic N) is 2. The number of thioether (sulfide) groups is 1. The zero-order valence-electron chi connectivity index (χ0n) is 13.9. The first-order valence-corrected chi connectivity index (χ1v) is 8.30. The number of halogens is 1. The van der Waals surface area contributed by atoms with Crippen molar-refractivity contribution in [3.63, 3.8) is 0 Å². The van der Waals surface area contributed by atoms with Gasteiger partial charge in [0, 0.05) is 24.4 Å². The SMILES string of the molecule is COc1c(C)cnc(CN(C)C(=O)C(N)CCSC)c1C.Cl. The van der Waals surface area contributed by atoms with Gasteiger partial charge in [0.25, 0.3) is 0 Å². The van der Waals surface area contributed by atoms with Crippen molar-refractivity contribution in [2.24, 2.45) is 5.73 Å². The number of amides is 1. The Labute approximate surface area is 143 Å². The third-order valence-electron chi connectivity index (χ3n) is 3.46. The molecule has 1 rings (SSSR count). The van der Waals surface area contributed by atoms with E-state index in [2.05, 4.69) is 4.98 Å². The van der Waals surface area contributed by atoms with E-state index in [1.54, 1.807) is 37.0 Å². The van der Waals surface area contributed by atoms with Crippen molar-refractivity contribution in [3.8, 4) is 5.75 Å². The number of aryl methyl sites for hydroxylation is 1. The van der Waals surface area contributed by atoms with Crippen LogP contribution in [-0.4, -0.2) is 48.0 Å². The van der Waals surface area contributed by atoms with Crippen LogP contribution in [0.1, 0.15) is 23.2 Å². The van der Waals surface area contributed by atoms with Gasteiger partial charge in [0.1, 0.15) is 5.75 Å². The molecule has 0 saturated heterocycles. The zero-order chi connectivity index (χ0) is 16.0. The van der Waals surface area contributed by atoms with Crippen molar-refractivity contribution in [1.29, 1.82) is 0 Å². The minimum atomic E-state index is -0.449. The summed E-state index contributed by atoms with van der Waals surface area (Å²) >= 11 is 1.69. The summed E-state index contributed by atoms with van der Waals surface area (Å²) in [7, 11) is 3.40. The average molecular weight is 348 g/mol. The van der Waals surface area contributed by atoms with Gasteiger partial charge in [-0.1, -0.05) is 0 Å². The van der Waals surface area contributed by atoms with Gasteiger partial charge in [-0.3, -0.25) is 9.78 Å². The molecule has 1 amide bonds. The van der Waals surface area contributed by atoms with Crippen LogP contribution in [0.25, 0.3) is 0 Å². The molecule has 1 unspecified atom stereocenters. The molecule has 0 fully saturated rings. The monoisotopic (exact) mass is 347 g/mol. The van der Waals surface area contributed by atoms with Gasteiger partial charge in [0.05, 0.1) is 25.4 Å². The topological polar surface area (TPSA) is 68.5 Å². The van der Waals surface area contributed by atoms with Crippen LogP contribution in [0.15, 0.2) is 6.20 Å². The molecule has 0 aliphatic rings. The van der Waals surface area contributed by atoms with Gasteiger partial charge in [-0.05, 0) is 32.3 Å². The Bertz CT molecular complexity index is 500. The number of likely N-dealkylation sites (N-methyl/N-ethyl adjacent to an activating group) is 1. The summed E-state index contributed by atoms with van der Waals surface area (Å²) < 4.78 is 5.39. The zero-order valence-corrected chi connectivity index (χ0v) is 15.5. The van der Waals surface area contributed by atoms with Crippen molar-refractivity contribution in [1.82, 2.24) is 9.88 Å². The minimum absolute atomic E-state index is 0. The molecule has 1 aromatic heterocycles. The summed E-state index contributed by atoms with van der Waals surface area (Å²) in [5.41, 5.74) is 8.72. The smallest absolute Gasteiger partial charge is 0.239 e. The fraction of sp³-hybridized carbons (Fsp3) is 0.600. The molecule has 0 bridgehead atoms. The number of aromatic nitrogens is 1. The molecule has 0 aromatic carbocycles. The second kappa shape index (κ2) is 9.92. The largest absolute Gasteiger partial charge is 0.496 e. The highest BCUT2D eigenvalue weighted by molar-refractivity contribution is 7.98. The van der Waals surface area contributed by atoms with Gasteiger partial charge in [0.2, 0.25) is 5.91 Å². The lowest BCUT2D eigenvalue weighted by molar-refractivity contribution is -0.131. The third kappa shape index (κ3) is 5.34. The molecule has 5 nitrogen and oxygen atoms in total. The Morgan fingerprint density at radius 1 is 1.50 bits per heavy atom. The predicted molar refractivity (Wildman–Crippen MR) is 95.0 cm³/mol. The van der Waals surface area contributed by atoms with Gasteiger partial charge >= 0.3 is 0 Å². The van der Waals surface area contributed by atoms with E-state index in [0.717, 1.165) is 28.3 Å². The van der Waals surface area contributed by atoms with Gasteiger partial charge in [-0.25, -0.2) is 0 Å². The van der Waals surface area contributed by atoms with Crippen molar-refractivity contribution in [2.75, 3.05) is 26.2 Å². The summed E-state index contributed by atoms with van der Waals surface area (Å²) in [6, 6.07) is -0.449.